The fraction of sp³-hybridized carbons (Fsp3) is 0.400. The van der Waals surface area contributed by atoms with Gasteiger partial charge in [-0.2, -0.15) is 0 Å². The summed E-state index contributed by atoms with van der Waals surface area (Å²) in [6, 6.07) is 14.6. The molecule has 0 bridgehead atoms. The third kappa shape index (κ3) is 4.67. The zero-order valence-corrected chi connectivity index (χ0v) is 19.0. The van der Waals surface area contributed by atoms with Gasteiger partial charge in [-0.05, 0) is 51.2 Å². The standard InChI is InChI=1S/C25H30N2O5/c1-5-31-24(29)22(25(30)32-6-2)21-17-11-7-8-12-18(17)23(28)27(16-15-26(3)4)20-14-10-9-13-19(20)21/h7-14,21-22H,5-6,15-16H2,1-4H3. The Labute approximate surface area is 188 Å². The number of ether oxygens (including phenoxy) is 2. The Kier molecular flexibility index (Phi) is 7.64. The Morgan fingerprint density at radius 2 is 1.50 bits per heavy atom. The second-order valence-corrected chi connectivity index (χ2v) is 7.87. The first-order valence-corrected chi connectivity index (χ1v) is 10.9. The van der Waals surface area contributed by atoms with Crippen LogP contribution >= 0.6 is 0 Å². The molecule has 0 spiro atoms. The van der Waals surface area contributed by atoms with Crippen LogP contribution < -0.4 is 4.90 Å². The molecule has 1 atom stereocenters. The highest BCUT2D eigenvalue weighted by Crippen LogP contribution is 2.43. The third-order valence-electron chi connectivity index (χ3n) is 5.52. The molecule has 170 valence electrons. The van der Waals surface area contributed by atoms with Crippen molar-refractivity contribution < 1.29 is 23.9 Å². The van der Waals surface area contributed by atoms with Crippen LogP contribution in [-0.2, 0) is 19.1 Å². The van der Waals surface area contributed by atoms with Gasteiger partial charge in [-0.1, -0.05) is 36.4 Å². The fourth-order valence-electron chi connectivity index (χ4n) is 4.10. The summed E-state index contributed by atoms with van der Waals surface area (Å²) in [6.45, 7) is 4.79. The summed E-state index contributed by atoms with van der Waals surface area (Å²) in [4.78, 5) is 43.5. The Hall–Kier alpha value is -3.19. The molecular weight excluding hydrogens is 408 g/mol. The number of likely N-dealkylation sites (N-methyl/N-ethyl adjacent to an activating group) is 1. The summed E-state index contributed by atoms with van der Waals surface area (Å²) in [7, 11) is 3.89. The van der Waals surface area contributed by atoms with Crippen molar-refractivity contribution in [2.45, 2.75) is 19.8 Å². The predicted molar refractivity (Wildman–Crippen MR) is 122 cm³/mol. The van der Waals surface area contributed by atoms with Gasteiger partial charge in [0, 0.05) is 30.3 Å². The van der Waals surface area contributed by atoms with Gasteiger partial charge in [-0.15, -0.1) is 0 Å². The van der Waals surface area contributed by atoms with Crippen LogP contribution in [0.5, 0.6) is 0 Å². The maximum Gasteiger partial charge on any atom is 0.321 e. The molecule has 0 fully saturated rings. The number of nitrogens with zero attached hydrogens (tertiary/aromatic N) is 2. The van der Waals surface area contributed by atoms with Gasteiger partial charge in [0.1, 0.15) is 0 Å². The number of benzene rings is 2. The molecule has 0 aliphatic carbocycles. The minimum absolute atomic E-state index is 0.138. The molecule has 1 heterocycles. The topological polar surface area (TPSA) is 76.2 Å². The van der Waals surface area contributed by atoms with Gasteiger partial charge in [0.25, 0.3) is 5.91 Å². The molecule has 7 nitrogen and oxygen atoms in total. The van der Waals surface area contributed by atoms with E-state index in [4.69, 9.17) is 9.47 Å². The number of carbonyl (C=O) groups is 3. The molecule has 1 aliphatic rings. The highest BCUT2D eigenvalue weighted by molar-refractivity contribution is 6.10. The molecular formula is C25H30N2O5. The van der Waals surface area contributed by atoms with Gasteiger partial charge in [-0.25, -0.2) is 0 Å². The van der Waals surface area contributed by atoms with E-state index in [0.29, 0.717) is 29.9 Å². The molecule has 2 aromatic carbocycles. The predicted octanol–water partition coefficient (Wildman–Crippen LogP) is 3.08. The van der Waals surface area contributed by atoms with Gasteiger partial charge in [0.05, 0.1) is 13.2 Å². The summed E-state index contributed by atoms with van der Waals surface area (Å²) in [5.74, 6) is -3.42. The highest BCUT2D eigenvalue weighted by atomic mass is 16.6. The quantitative estimate of drug-likeness (QED) is 0.466. The lowest BCUT2D eigenvalue weighted by Gasteiger charge is -2.27. The average molecular weight is 439 g/mol. The van der Waals surface area contributed by atoms with Crippen LogP contribution in [0, 0.1) is 5.92 Å². The van der Waals surface area contributed by atoms with Crippen LogP contribution in [-0.4, -0.2) is 63.1 Å². The summed E-state index contributed by atoms with van der Waals surface area (Å²) in [5.41, 5.74) is 2.48. The molecule has 0 radical (unpaired) electrons. The lowest BCUT2D eigenvalue weighted by Crippen LogP contribution is -2.36. The largest absolute Gasteiger partial charge is 0.465 e. The minimum Gasteiger partial charge on any atom is -0.465 e. The number of rotatable bonds is 8. The van der Waals surface area contributed by atoms with Crippen molar-refractivity contribution in [1.29, 1.82) is 0 Å². The SMILES string of the molecule is CCOC(=O)C(C(=O)OCC)C1c2ccccc2C(=O)N(CCN(C)C)c2ccccc21. The van der Waals surface area contributed by atoms with Gasteiger partial charge in [-0.3, -0.25) is 14.4 Å². The number of amides is 1. The number of anilines is 1. The van der Waals surface area contributed by atoms with Gasteiger partial charge in [0.2, 0.25) is 0 Å². The molecule has 2 aromatic rings. The molecule has 1 amide bonds. The van der Waals surface area contributed by atoms with E-state index in [9.17, 15) is 14.4 Å². The van der Waals surface area contributed by atoms with Crippen LogP contribution in [0.3, 0.4) is 0 Å². The van der Waals surface area contributed by atoms with Crippen molar-refractivity contribution in [3.8, 4) is 0 Å². The van der Waals surface area contributed by atoms with Crippen molar-refractivity contribution in [2.75, 3.05) is 45.3 Å². The second-order valence-electron chi connectivity index (χ2n) is 7.87. The van der Waals surface area contributed by atoms with E-state index in [1.165, 1.54) is 0 Å². The number of hydrogen-bond acceptors (Lipinski definition) is 6. The van der Waals surface area contributed by atoms with Gasteiger partial charge >= 0.3 is 11.9 Å². The zero-order chi connectivity index (χ0) is 23.3. The number of fused-ring (bicyclic) bond motifs is 2. The van der Waals surface area contributed by atoms with E-state index in [2.05, 4.69) is 0 Å². The Balaban J connectivity index is 2.26. The van der Waals surface area contributed by atoms with Crippen LogP contribution in [0.25, 0.3) is 0 Å². The van der Waals surface area contributed by atoms with E-state index in [-0.39, 0.29) is 19.1 Å². The summed E-state index contributed by atoms with van der Waals surface area (Å²) >= 11 is 0. The van der Waals surface area contributed by atoms with Crippen LogP contribution in [0.15, 0.2) is 48.5 Å². The molecule has 7 heteroatoms. The first-order chi connectivity index (χ1) is 15.4. The Bertz CT molecular complexity index is 970. The molecule has 3 rings (SSSR count). The maximum atomic E-state index is 13.6. The molecule has 1 aliphatic heterocycles. The molecule has 0 saturated heterocycles. The molecule has 32 heavy (non-hydrogen) atoms. The number of carbonyl (C=O) groups excluding carboxylic acids is 3. The number of esters is 2. The first-order valence-electron chi connectivity index (χ1n) is 10.9. The van der Waals surface area contributed by atoms with Crippen molar-refractivity contribution in [1.82, 2.24) is 4.90 Å². The summed E-state index contributed by atoms with van der Waals surface area (Å²) in [6.07, 6.45) is 0. The summed E-state index contributed by atoms with van der Waals surface area (Å²) in [5, 5.41) is 0. The fourth-order valence-corrected chi connectivity index (χ4v) is 4.10. The van der Waals surface area contributed by atoms with Crippen LogP contribution in [0.2, 0.25) is 0 Å². The second kappa shape index (κ2) is 10.4. The van der Waals surface area contributed by atoms with E-state index in [1.807, 2.05) is 49.3 Å². The zero-order valence-electron chi connectivity index (χ0n) is 19.0. The van der Waals surface area contributed by atoms with Crippen molar-refractivity contribution in [3.63, 3.8) is 0 Å². The average Bonchev–Trinajstić information content (AvgIpc) is 2.87. The van der Waals surface area contributed by atoms with E-state index < -0.39 is 23.8 Å². The first kappa shape index (κ1) is 23.5. The van der Waals surface area contributed by atoms with Crippen molar-refractivity contribution in [2.24, 2.45) is 5.92 Å². The summed E-state index contributed by atoms with van der Waals surface area (Å²) < 4.78 is 10.6. The van der Waals surface area contributed by atoms with E-state index >= 15 is 0 Å². The Morgan fingerprint density at radius 1 is 0.938 bits per heavy atom. The van der Waals surface area contributed by atoms with Crippen molar-refractivity contribution >= 4 is 23.5 Å². The monoisotopic (exact) mass is 438 g/mol. The lowest BCUT2D eigenvalue weighted by molar-refractivity contribution is -0.162. The lowest BCUT2D eigenvalue weighted by atomic mass is 9.78. The molecule has 1 unspecified atom stereocenters. The maximum absolute atomic E-state index is 13.6. The smallest absolute Gasteiger partial charge is 0.321 e. The van der Waals surface area contributed by atoms with Crippen molar-refractivity contribution in [3.05, 3.63) is 65.2 Å². The molecule has 0 N–H and O–H groups in total. The minimum atomic E-state index is -1.22. The normalized spacial score (nSPS) is 15.2. The van der Waals surface area contributed by atoms with E-state index in [0.717, 1.165) is 5.56 Å². The van der Waals surface area contributed by atoms with Gasteiger partial charge < -0.3 is 19.3 Å². The molecule has 0 saturated carbocycles. The van der Waals surface area contributed by atoms with Gasteiger partial charge in [0.15, 0.2) is 5.92 Å². The molecule has 0 aromatic heterocycles. The third-order valence-corrected chi connectivity index (χ3v) is 5.52. The van der Waals surface area contributed by atoms with E-state index in [1.54, 1.807) is 36.9 Å². The highest BCUT2D eigenvalue weighted by Gasteiger charge is 2.44. The van der Waals surface area contributed by atoms with Crippen LogP contribution in [0.1, 0.15) is 41.3 Å². The number of hydrogen-bond donors (Lipinski definition) is 0. The Morgan fingerprint density at radius 3 is 2.09 bits per heavy atom. The van der Waals surface area contributed by atoms with Crippen LogP contribution in [0.4, 0.5) is 5.69 Å². The number of para-hydroxylation sites is 1.